The van der Waals surface area contributed by atoms with Gasteiger partial charge in [0.2, 0.25) is 5.82 Å². The molecule has 2 aliphatic rings. The molecule has 0 aliphatic heterocycles. The van der Waals surface area contributed by atoms with Crippen molar-refractivity contribution in [2.45, 2.75) is 57.8 Å². The number of carbonyl (C=O) groups is 1. The lowest BCUT2D eigenvalue weighted by Gasteiger charge is -2.38. The maximum Gasteiger partial charge on any atom is 0.338 e. The van der Waals surface area contributed by atoms with E-state index in [1.807, 2.05) is 12.1 Å². The molecule has 2 aliphatic carbocycles. The van der Waals surface area contributed by atoms with Crippen LogP contribution < -0.4 is 0 Å². The molecule has 1 aromatic carbocycles. The first-order chi connectivity index (χ1) is 13.3. The van der Waals surface area contributed by atoms with E-state index in [2.05, 4.69) is 20.6 Å². The van der Waals surface area contributed by atoms with Gasteiger partial charge in [0.15, 0.2) is 0 Å². The van der Waals surface area contributed by atoms with Gasteiger partial charge in [-0.2, -0.15) is 5.21 Å². The highest BCUT2D eigenvalue weighted by atomic mass is 16.5. The summed E-state index contributed by atoms with van der Waals surface area (Å²) in [5.41, 5.74) is 1.40. The van der Waals surface area contributed by atoms with Crippen molar-refractivity contribution >= 4 is 5.97 Å². The van der Waals surface area contributed by atoms with Gasteiger partial charge in [-0.25, -0.2) is 4.79 Å². The fraction of sp³-hybridized carbons (Fsp3) is 0.619. The van der Waals surface area contributed by atoms with Gasteiger partial charge in [-0.05, 0) is 47.9 Å². The molecule has 1 N–H and O–H groups in total. The maximum absolute atomic E-state index is 12.5. The Kier molecular flexibility index (Phi) is 5.80. The van der Waals surface area contributed by atoms with Crippen LogP contribution in [0.15, 0.2) is 24.3 Å². The first kappa shape index (κ1) is 18.1. The zero-order valence-corrected chi connectivity index (χ0v) is 15.8. The maximum atomic E-state index is 12.5. The van der Waals surface area contributed by atoms with Crippen LogP contribution in [-0.4, -0.2) is 33.2 Å². The highest BCUT2D eigenvalue weighted by molar-refractivity contribution is 5.89. The zero-order chi connectivity index (χ0) is 18.5. The predicted molar refractivity (Wildman–Crippen MR) is 102 cm³/mol. The van der Waals surface area contributed by atoms with E-state index >= 15 is 0 Å². The number of aromatic amines is 1. The number of H-pyrrole nitrogens is 1. The molecule has 2 fully saturated rings. The molecule has 0 bridgehead atoms. The molecule has 0 spiro atoms. The van der Waals surface area contributed by atoms with Crippen molar-refractivity contribution in [1.29, 1.82) is 0 Å². The van der Waals surface area contributed by atoms with Crippen LogP contribution in [-0.2, 0) is 4.74 Å². The molecule has 0 saturated heterocycles. The number of esters is 1. The largest absolute Gasteiger partial charge is 0.462 e. The average molecular weight is 368 g/mol. The molecule has 6 nitrogen and oxygen atoms in total. The summed E-state index contributed by atoms with van der Waals surface area (Å²) >= 11 is 0. The molecule has 144 valence electrons. The third kappa shape index (κ3) is 4.37. The Morgan fingerprint density at radius 2 is 1.74 bits per heavy atom. The molecule has 1 heterocycles. The number of ether oxygens (including phenoxy) is 1. The molecule has 2 aromatic rings. The van der Waals surface area contributed by atoms with E-state index in [9.17, 15) is 4.79 Å². The summed E-state index contributed by atoms with van der Waals surface area (Å²) in [5.74, 6) is 2.41. The normalized spacial score (nSPS) is 23.9. The number of nitrogens with one attached hydrogen (secondary N) is 1. The van der Waals surface area contributed by atoms with E-state index in [0.717, 1.165) is 17.4 Å². The zero-order valence-electron chi connectivity index (χ0n) is 15.8. The van der Waals surface area contributed by atoms with Crippen LogP contribution in [0.4, 0.5) is 0 Å². The first-order valence-electron chi connectivity index (χ1n) is 10.3. The minimum atomic E-state index is -0.234. The third-order valence-corrected chi connectivity index (χ3v) is 6.38. The molecular weight excluding hydrogens is 340 g/mol. The number of tetrazole rings is 1. The summed E-state index contributed by atoms with van der Waals surface area (Å²) in [6, 6.07) is 7.20. The molecule has 2 saturated carbocycles. The van der Waals surface area contributed by atoms with E-state index in [-0.39, 0.29) is 5.97 Å². The Morgan fingerprint density at radius 3 is 2.48 bits per heavy atom. The monoisotopic (exact) mass is 368 g/mol. The van der Waals surface area contributed by atoms with Gasteiger partial charge in [-0.1, -0.05) is 57.1 Å². The Bertz CT molecular complexity index is 723. The second kappa shape index (κ2) is 8.63. The second-order valence-corrected chi connectivity index (χ2v) is 8.02. The Balaban J connectivity index is 1.34. The van der Waals surface area contributed by atoms with Gasteiger partial charge < -0.3 is 4.74 Å². The number of carbonyl (C=O) groups excluding carboxylic acids is 1. The Hall–Kier alpha value is -2.24. The van der Waals surface area contributed by atoms with Crippen molar-refractivity contribution in [3.63, 3.8) is 0 Å². The van der Waals surface area contributed by atoms with E-state index in [1.165, 1.54) is 57.8 Å². The minimum absolute atomic E-state index is 0.234. The summed E-state index contributed by atoms with van der Waals surface area (Å²) in [5, 5.41) is 13.9. The van der Waals surface area contributed by atoms with Crippen molar-refractivity contribution in [2.24, 2.45) is 17.8 Å². The molecule has 4 rings (SSSR count). The molecule has 27 heavy (non-hydrogen) atoms. The molecule has 0 amide bonds. The van der Waals surface area contributed by atoms with E-state index in [4.69, 9.17) is 4.74 Å². The summed E-state index contributed by atoms with van der Waals surface area (Å²) in [4.78, 5) is 12.5. The predicted octanol–water partition coefficient (Wildman–Crippen LogP) is 4.41. The molecular formula is C21H28N4O2. The summed E-state index contributed by atoms with van der Waals surface area (Å²) in [6.07, 6.45) is 12.0. The van der Waals surface area contributed by atoms with Gasteiger partial charge in [0.25, 0.3) is 0 Å². The van der Waals surface area contributed by atoms with Crippen molar-refractivity contribution in [3.8, 4) is 11.4 Å². The number of aromatic nitrogens is 4. The molecule has 1 aromatic heterocycles. The van der Waals surface area contributed by atoms with Crippen molar-refractivity contribution in [2.75, 3.05) is 6.61 Å². The van der Waals surface area contributed by atoms with Gasteiger partial charge in [0.1, 0.15) is 0 Å². The van der Waals surface area contributed by atoms with E-state index in [1.54, 1.807) is 12.1 Å². The smallest absolute Gasteiger partial charge is 0.338 e. The molecule has 6 heteroatoms. The van der Waals surface area contributed by atoms with Crippen LogP contribution in [0.3, 0.4) is 0 Å². The summed E-state index contributed by atoms with van der Waals surface area (Å²) < 4.78 is 5.73. The fourth-order valence-corrected chi connectivity index (χ4v) is 4.93. The second-order valence-electron chi connectivity index (χ2n) is 8.02. The number of hydrogen-bond acceptors (Lipinski definition) is 5. The number of benzene rings is 1. The standard InChI is InChI=1S/C21H28N4O2/c26-21(17-12-10-16(11-13-17)20-22-24-25-23-20)27-14-18-8-4-5-9-19(18)15-6-2-1-3-7-15/h10-13,15,18-19H,1-9,14H2,(H,22,23,24,25). The fourth-order valence-electron chi connectivity index (χ4n) is 4.93. The van der Waals surface area contributed by atoms with Crippen LogP contribution in [0.1, 0.15) is 68.1 Å². The topological polar surface area (TPSA) is 80.8 Å². The third-order valence-electron chi connectivity index (χ3n) is 6.38. The highest BCUT2D eigenvalue weighted by Gasteiger charge is 2.33. The molecule has 0 radical (unpaired) electrons. The lowest BCUT2D eigenvalue weighted by atomic mass is 9.68. The number of nitrogens with zero attached hydrogens (tertiary/aromatic N) is 3. The van der Waals surface area contributed by atoms with Gasteiger partial charge in [-0.15, -0.1) is 10.2 Å². The van der Waals surface area contributed by atoms with E-state index < -0.39 is 0 Å². The van der Waals surface area contributed by atoms with Crippen molar-refractivity contribution in [3.05, 3.63) is 29.8 Å². The van der Waals surface area contributed by atoms with Gasteiger partial charge in [0, 0.05) is 5.56 Å². The Labute approximate surface area is 160 Å². The van der Waals surface area contributed by atoms with E-state index in [0.29, 0.717) is 23.9 Å². The van der Waals surface area contributed by atoms with Gasteiger partial charge in [0.05, 0.1) is 12.2 Å². The van der Waals surface area contributed by atoms with Crippen LogP contribution in [0.25, 0.3) is 11.4 Å². The average Bonchev–Trinajstić information content (AvgIpc) is 3.28. The van der Waals surface area contributed by atoms with Crippen LogP contribution in [0.2, 0.25) is 0 Å². The summed E-state index contributed by atoms with van der Waals surface area (Å²) in [7, 11) is 0. The summed E-state index contributed by atoms with van der Waals surface area (Å²) in [6.45, 7) is 0.562. The minimum Gasteiger partial charge on any atom is -0.462 e. The highest BCUT2D eigenvalue weighted by Crippen LogP contribution is 2.41. The van der Waals surface area contributed by atoms with Crippen LogP contribution in [0.5, 0.6) is 0 Å². The molecule has 2 unspecified atom stereocenters. The van der Waals surface area contributed by atoms with Crippen LogP contribution in [0, 0.1) is 17.8 Å². The Morgan fingerprint density at radius 1 is 1.00 bits per heavy atom. The lowest BCUT2D eigenvalue weighted by Crippen LogP contribution is -2.32. The SMILES string of the molecule is O=C(OCC1CCCCC1C1CCCCC1)c1ccc(-c2nn[nH]n2)cc1. The quantitative estimate of drug-likeness (QED) is 0.791. The van der Waals surface area contributed by atoms with Crippen LogP contribution >= 0.6 is 0 Å². The number of rotatable bonds is 5. The van der Waals surface area contributed by atoms with Crippen molar-refractivity contribution in [1.82, 2.24) is 20.6 Å². The van der Waals surface area contributed by atoms with Gasteiger partial charge >= 0.3 is 5.97 Å². The molecule has 2 atom stereocenters. The van der Waals surface area contributed by atoms with Crippen molar-refractivity contribution < 1.29 is 9.53 Å². The first-order valence-corrected chi connectivity index (χ1v) is 10.3. The van der Waals surface area contributed by atoms with Gasteiger partial charge in [-0.3, -0.25) is 0 Å². The lowest BCUT2D eigenvalue weighted by molar-refractivity contribution is 0.0241. The number of hydrogen-bond donors (Lipinski definition) is 1.